The number of thiazole rings is 1. The van der Waals surface area contributed by atoms with Crippen LogP contribution >= 0.6 is 22.9 Å². The summed E-state index contributed by atoms with van der Waals surface area (Å²) in [6.45, 7) is 0. The highest BCUT2D eigenvalue weighted by Crippen LogP contribution is 2.36. The molecule has 1 aliphatic rings. The summed E-state index contributed by atoms with van der Waals surface area (Å²) < 4.78 is 1.24. The summed E-state index contributed by atoms with van der Waals surface area (Å²) in [4.78, 5) is 4.72. The second kappa shape index (κ2) is 4.56. The normalized spacial score (nSPS) is 25.3. The van der Waals surface area contributed by atoms with Crippen LogP contribution < -0.4 is 5.73 Å². The highest BCUT2D eigenvalue weighted by molar-refractivity contribution is 7.18. The quantitative estimate of drug-likeness (QED) is 0.849. The first kappa shape index (κ1) is 11.5. The molecule has 17 heavy (non-hydrogen) atoms. The van der Waals surface area contributed by atoms with Crippen molar-refractivity contribution in [2.45, 2.75) is 37.6 Å². The molecule has 1 saturated carbocycles. The van der Waals surface area contributed by atoms with Crippen LogP contribution in [0.1, 0.15) is 36.6 Å². The van der Waals surface area contributed by atoms with E-state index in [1.807, 2.05) is 12.1 Å². The molecule has 1 aromatic carbocycles. The number of hydrogen-bond acceptors (Lipinski definition) is 3. The van der Waals surface area contributed by atoms with Gasteiger partial charge in [-0.1, -0.05) is 11.6 Å². The molecular formula is C13H15ClN2S. The molecular weight excluding hydrogens is 252 g/mol. The van der Waals surface area contributed by atoms with Gasteiger partial charge in [-0.15, -0.1) is 11.3 Å². The van der Waals surface area contributed by atoms with Gasteiger partial charge in [0.05, 0.1) is 15.2 Å². The topological polar surface area (TPSA) is 38.9 Å². The lowest BCUT2D eigenvalue weighted by Gasteiger charge is -2.24. The predicted octanol–water partition coefficient (Wildman–Crippen LogP) is 3.93. The number of fused-ring (bicyclic) bond motifs is 1. The van der Waals surface area contributed by atoms with Gasteiger partial charge in [-0.05, 0) is 43.9 Å². The van der Waals surface area contributed by atoms with E-state index in [4.69, 9.17) is 22.3 Å². The summed E-state index contributed by atoms with van der Waals surface area (Å²) in [7, 11) is 0. The molecule has 0 spiro atoms. The standard InChI is InChI=1S/C13H15ClN2S/c14-9-3-6-12-11(7-9)16-13(17-12)8-1-4-10(15)5-2-8/h3,6-8,10H,1-2,4-5,15H2. The van der Waals surface area contributed by atoms with Gasteiger partial charge in [0, 0.05) is 17.0 Å². The molecule has 0 unspecified atom stereocenters. The van der Waals surface area contributed by atoms with Crippen LogP contribution in [-0.4, -0.2) is 11.0 Å². The van der Waals surface area contributed by atoms with Gasteiger partial charge < -0.3 is 5.73 Å². The summed E-state index contributed by atoms with van der Waals surface area (Å²) in [6.07, 6.45) is 4.60. The lowest BCUT2D eigenvalue weighted by atomic mass is 9.87. The fourth-order valence-electron chi connectivity index (χ4n) is 2.46. The summed E-state index contributed by atoms with van der Waals surface area (Å²) in [5, 5.41) is 2.02. The Morgan fingerprint density at radius 3 is 2.76 bits per heavy atom. The van der Waals surface area contributed by atoms with Crippen molar-refractivity contribution in [3.8, 4) is 0 Å². The molecule has 2 N–H and O–H groups in total. The van der Waals surface area contributed by atoms with Gasteiger partial charge in [-0.2, -0.15) is 0 Å². The fraction of sp³-hybridized carbons (Fsp3) is 0.462. The minimum atomic E-state index is 0.398. The van der Waals surface area contributed by atoms with E-state index in [-0.39, 0.29) is 0 Å². The third-order valence-corrected chi connectivity index (χ3v) is 4.92. The second-order valence-corrected chi connectivity index (χ2v) is 6.27. The van der Waals surface area contributed by atoms with Crippen LogP contribution in [0, 0.1) is 0 Å². The summed E-state index contributed by atoms with van der Waals surface area (Å²) in [6, 6.07) is 6.34. The minimum Gasteiger partial charge on any atom is -0.328 e. The molecule has 0 amide bonds. The van der Waals surface area contributed by atoms with Gasteiger partial charge in [0.15, 0.2) is 0 Å². The maximum atomic E-state index is 5.98. The van der Waals surface area contributed by atoms with Crippen molar-refractivity contribution < 1.29 is 0 Å². The Morgan fingerprint density at radius 2 is 2.00 bits per heavy atom. The molecule has 1 fully saturated rings. The van der Waals surface area contributed by atoms with Gasteiger partial charge in [0.25, 0.3) is 0 Å². The number of nitrogens with zero attached hydrogens (tertiary/aromatic N) is 1. The lowest BCUT2D eigenvalue weighted by Crippen LogP contribution is -2.25. The summed E-state index contributed by atoms with van der Waals surface area (Å²) in [5.41, 5.74) is 6.97. The zero-order valence-corrected chi connectivity index (χ0v) is 11.1. The first-order valence-electron chi connectivity index (χ1n) is 6.04. The van der Waals surface area contributed by atoms with Crippen LogP contribution in [0.25, 0.3) is 10.2 Å². The fourth-order valence-corrected chi connectivity index (χ4v) is 3.74. The number of aromatic nitrogens is 1. The SMILES string of the molecule is NC1CCC(c2nc3cc(Cl)ccc3s2)CC1. The van der Waals surface area contributed by atoms with Crippen LogP contribution in [0.3, 0.4) is 0 Å². The van der Waals surface area contributed by atoms with Crippen molar-refractivity contribution in [1.29, 1.82) is 0 Å². The average molecular weight is 267 g/mol. The molecule has 0 radical (unpaired) electrons. The number of hydrogen-bond donors (Lipinski definition) is 1. The van der Waals surface area contributed by atoms with E-state index < -0.39 is 0 Å². The van der Waals surface area contributed by atoms with Gasteiger partial charge in [0.1, 0.15) is 0 Å². The Hall–Kier alpha value is -0.640. The molecule has 90 valence electrons. The Morgan fingerprint density at radius 1 is 1.24 bits per heavy atom. The molecule has 2 nitrogen and oxygen atoms in total. The van der Waals surface area contributed by atoms with Crippen molar-refractivity contribution in [2.75, 3.05) is 0 Å². The second-order valence-electron chi connectivity index (χ2n) is 4.78. The van der Waals surface area contributed by atoms with Crippen molar-refractivity contribution in [2.24, 2.45) is 5.73 Å². The zero-order chi connectivity index (χ0) is 11.8. The summed E-state index contributed by atoms with van der Waals surface area (Å²) >= 11 is 7.78. The monoisotopic (exact) mass is 266 g/mol. The highest BCUT2D eigenvalue weighted by atomic mass is 35.5. The van der Waals surface area contributed by atoms with Gasteiger partial charge >= 0.3 is 0 Å². The predicted molar refractivity (Wildman–Crippen MR) is 73.8 cm³/mol. The van der Waals surface area contributed by atoms with E-state index in [9.17, 15) is 0 Å². The highest BCUT2D eigenvalue weighted by Gasteiger charge is 2.22. The van der Waals surface area contributed by atoms with Gasteiger partial charge in [0.2, 0.25) is 0 Å². The van der Waals surface area contributed by atoms with Crippen LogP contribution in [0.2, 0.25) is 5.02 Å². The molecule has 0 bridgehead atoms. The minimum absolute atomic E-state index is 0.398. The zero-order valence-electron chi connectivity index (χ0n) is 9.53. The largest absolute Gasteiger partial charge is 0.328 e. The van der Waals surface area contributed by atoms with E-state index in [2.05, 4.69) is 6.07 Å². The smallest absolute Gasteiger partial charge is 0.0969 e. The number of halogens is 1. The van der Waals surface area contributed by atoms with E-state index in [0.29, 0.717) is 12.0 Å². The van der Waals surface area contributed by atoms with Crippen LogP contribution in [-0.2, 0) is 0 Å². The maximum Gasteiger partial charge on any atom is 0.0969 e. The third kappa shape index (κ3) is 2.32. The Labute approximate surface area is 110 Å². The molecule has 2 aromatic rings. The van der Waals surface area contributed by atoms with E-state index in [1.165, 1.54) is 22.5 Å². The van der Waals surface area contributed by atoms with Crippen LogP contribution in [0.4, 0.5) is 0 Å². The van der Waals surface area contributed by atoms with Crippen molar-refractivity contribution in [1.82, 2.24) is 4.98 Å². The Bertz CT molecular complexity index is 529. The van der Waals surface area contributed by atoms with Gasteiger partial charge in [-0.3, -0.25) is 0 Å². The first-order valence-corrected chi connectivity index (χ1v) is 7.23. The molecule has 0 atom stereocenters. The van der Waals surface area contributed by atoms with Crippen molar-refractivity contribution in [3.05, 3.63) is 28.2 Å². The number of nitrogens with two attached hydrogens (primary N) is 1. The lowest BCUT2D eigenvalue weighted by molar-refractivity contribution is 0.395. The van der Waals surface area contributed by atoms with E-state index in [1.54, 1.807) is 11.3 Å². The third-order valence-electron chi connectivity index (χ3n) is 3.49. The Kier molecular flexibility index (Phi) is 3.07. The molecule has 0 saturated heterocycles. The van der Waals surface area contributed by atoms with Crippen molar-refractivity contribution in [3.63, 3.8) is 0 Å². The van der Waals surface area contributed by atoms with E-state index >= 15 is 0 Å². The molecule has 0 aliphatic heterocycles. The molecule has 4 heteroatoms. The molecule has 1 aliphatic carbocycles. The maximum absolute atomic E-state index is 5.98. The molecule has 1 aromatic heterocycles. The summed E-state index contributed by atoms with van der Waals surface area (Å²) in [5.74, 6) is 0.603. The molecule has 1 heterocycles. The van der Waals surface area contributed by atoms with Crippen molar-refractivity contribution >= 4 is 33.2 Å². The average Bonchev–Trinajstić information content (AvgIpc) is 2.72. The van der Waals surface area contributed by atoms with Crippen LogP contribution in [0.5, 0.6) is 0 Å². The number of rotatable bonds is 1. The first-order chi connectivity index (χ1) is 8.22. The van der Waals surface area contributed by atoms with E-state index in [0.717, 1.165) is 23.4 Å². The Balaban J connectivity index is 1.90. The number of benzene rings is 1. The van der Waals surface area contributed by atoms with Gasteiger partial charge in [-0.25, -0.2) is 4.98 Å². The van der Waals surface area contributed by atoms with Crippen LogP contribution in [0.15, 0.2) is 18.2 Å². The molecule has 3 rings (SSSR count).